The highest BCUT2D eigenvalue weighted by molar-refractivity contribution is 6.29. The van der Waals surface area contributed by atoms with E-state index in [1.165, 1.54) is 0 Å². The Morgan fingerprint density at radius 1 is 1.13 bits per heavy atom. The van der Waals surface area contributed by atoms with Crippen molar-refractivity contribution in [1.82, 2.24) is 9.97 Å². The van der Waals surface area contributed by atoms with E-state index in [2.05, 4.69) is 9.97 Å². The second-order valence-electron chi connectivity index (χ2n) is 2.96. The van der Waals surface area contributed by atoms with E-state index in [0.29, 0.717) is 11.0 Å². The van der Waals surface area contributed by atoms with E-state index in [0.717, 1.165) is 11.1 Å². The minimum absolute atomic E-state index is 0.418. The molecular formula is C11H9ClN2O. The monoisotopic (exact) mass is 220 g/mol. The van der Waals surface area contributed by atoms with Gasteiger partial charge >= 0.3 is 0 Å². The number of pyridine rings is 2. The van der Waals surface area contributed by atoms with Gasteiger partial charge in [-0.2, -0.15) is 0 Å². The predicted octanol–water partition coefficient (Wildman–Crippen LogP) is 2.81. The summed E-state index contributed by atoms with van der Waals surface area (Å²) < 4.78 is 5.05. The predicted molar refractivity (Wildman–Crippen MR) is 59.0 cm³/mol. The summed E-state index contributed by atoms with van der Waals surface area (Å²) in [6, 6.07) is 7.44. The highest BCUT2D eigenvalue weighted by atomic mass is 35.5. The molecule has 0 saturated heterocycles. The molecule has 4 heteroatoms. The average molecular weight is 221 g/mol. The van der Waals surface area contributed by atoms with Crippen LogP contribution >= 0.6 is 11.6 Å². The first-order valence-electron chi connectivity index (χ1n) is 4.41. The van der Waals surface area contributed by atoms with Crippen LogP contribution in [-0.4, -0.2) is 17.1 Å². The Morgan fingerprint density at radius 3 is 2.53 bits per heavy atom. The molecule has 0 saturated carbocycles. The van der Waals surface area contributed by atoms with Gasteiger partial charge in [-0.25, -0.2) is 4.98 Å². The number of ether oxygens (including phenoxy) is 1. The van der Waals surface area contributed by atoms with Gasteiger partial charge < -0.3 is 4.74 Å². The Labute approximate surface area is 92.7 Å². The van der Waals surface area contributed by atoms with Crippen LogP contribution in [0.25, 0.3) is 11.1 Å². The number of aromatic nitrogens is 2. The van der Waals surface area contributed by atoms with Crippen molar-refractivity contribution in [3.63, 3.8) is 0 Å². The quantitative estimate of drug-likeness (QED) is 0.730. The Hall–Kier alpha value is -1.61. The van der Waals surface area contributed by atoms with E-state index in [4.69, 9.17) is 16.3 Å². The minimum Gasteiger partial charge on any atom is -0.481 e. The van der Waals surface area contributed by atoms with Crippen LogP contribution in [0.2, 0.25) is 5.15 Å². The summed E-state index contributed by atoms with van der Waals surface area (Å²) in [6.45, 7) is 0. The summed E-state index contributed by atoms with van der Waals surface area (Å²) in [7, 11) is 1.56. The van der Waals surface area contributed by atoms with Gasteiger partial charge in [-0.05, 0) is 29.3 Å². The zero-order valence-electron chi connectivity index (χ0n) is 8.14. The molecule has 0 bridgehead atoms. The van der Waals surface area contributed by atoms with E-state index in [1.807, 2.05) is 18.2 Å². The number of hydrogen-bond acceptors (Lipinski definition) is 3. The van der Waals surface area contributed by atoms with Crippen LogP contribution in [-0.2, 0) is 0 Å². The van der Waals surface area contributed by atoms with Crippen LogP contribution < -0.4 is 4.74 Å². The molecule has 0 aliphatic carbocycles. The second kappa shape index (κ2) is 4.28. The summed E-state index contributed by atoms with van der Waals surface area (Å²) in [5.74, 6) is 0.509. The molecule has 0 spiro atoms. The standard InChI is InChI=1S/C11H9ClN2O/c1-15-11-7-9(6-10(12)14-11)8-2-4-13-5-3-8/h2-7H,1H3. The van der Waals surface area contributed by atoms with Gasteiger partial charge in [0.25, 0.3) is 0 Å². The maximum atomic E-state index is 5.87. The van der Waals surface area contributed by atoms with Crippen LogP contribution in [0.3, 0.4) is 0 Å². The molecule has 0 aliphatic heterocycles. The molecule has 0 aliphatic rings. The molecule has 76 valence electrons. The Balaban J connectivity index is 2.49. The van der Waals surface area contributed by atoms with Crippen molar-refractivity contribution in [1.29, 1.82) is 0 Å². The van der Waals surface area contributed by atoms with Gasteiger partial charge in [0.1, 0.15) is 5.15 Å². The van der Waals surface area contributed by atoms with Crippen molar-refractivity contribution in [2.24, 2.45) is 0 Å². The third kappa shape index (κ3) is 2.25. The molecular weight excluding hydrogens is 212 g/mol. The highest BCUT2D eigenvalue weighted by Crippen LogP contribution is 2.24. The zero-order chi connectivity index (χ0) is 10.7. The molecule has 0 aromatic carbocycles. The van der Waals surface area contributed by atoms with E-state index >= 15 is 0 Å². The molecule has 0 unspecified atom stereocenters. The summed E-state index contributed by atoms with van der Waals surface area (Å²) in [6.07, 6.45) is 3.46. The number of nitrogens with zero attached hydrogens (tertiary/aromatic N) is 2. The lowest BCUT2D eigenvalue weighted by molar-refractivity contribution is 0.398. The summed E-state index contributed by atoms with van der Waals surface area (Å²) in [5, 5.41) is 0.418. The number of halogens is 1. The molecule has 2 heterocycles. The lowest BCUT2D eigenvalue weighted by Gasteiger charge is -2.04. The molecule has 3 nitrogen and oxygen atoms in total. The number of rotatable bonds is 2. The van der Waals surface area contributed by atoms with Crippen molar-refractivity contribution < 1.29 is 4.74 Å². The molecule has 0 N–H and O–H groups in total. The van der Waals surface area contributed by atoms with Gasteiger partial charge in [-0.1, -0.05) is 11.6 Å². The first kappa shape index (κ1) is 9.93. The molecule has 2 aromatic rings. The van der Waals surface area contributed by atoms with Gasteiger partial charge in [-0.15, -0.1) is 0 Å². The summed E-state index contributed by atoms with van der Waals surface area (Å²) >= 11 is 5.87. The molecule has 0 radical (unpaired) electrons. The van der Waals surface area contributed by atoms with Crippen molar-refractivity contribution in [3.8, 4) is 17.0 Å². The van der Waals surface area contributed by atoms with Crippen LogP contribution in [0.1, 0.15) is 0 Å². The third-order valence-corrected chi connectivity index (χ3v) is 2.19. The lowest BCUT2D eigenvalue weighted by Crippen LogP contribution is -1.89. The van der Waals surface area contributed by atoms with Crippen LogP contribution in [0.15, 0.2) is 36.7 Å². The normalized spacial score (nSPS) is 10.0. The van der Waals surface area contributed by atoms with E-state index < -0.39 is 0 Å². The molecule has 2 rings (SSSR count). The first-order chi connectivity index (χ1) is 7.29. The summed E-state index contributed by atoms with van der Waals surface area (Å²) in [4.78, 5) is 7.96. The molecule has 0 atom stereocenters. The number of methoxy groups -OCH3 is 1. The minimum atomic E-state index is 0.418. The fraction of sp³-hybridized carbons (Fsp3) is 0.0909. The SMILES string of the molecule is COc1cc(-c2ccncc2)cc(Cl)n1. The van der Waals surface area contributed by atoms with Crippen molar-refractivity contribution in [2.75, 3.05) is 7.11 Å². The number of hydrogen-bond donors (Lipinski definition) is 0. The highest BCUT2D eigenvalue weighted by Gasteiger charge is 2.03. The largest absolute Gasteiger partial charge is 0.481 e. The molecule has 15 heavy (non-hydrogen) atoms. The van der Waals surface area contributed by atoms with Gasteiger partial charge in [0.15, 0.2) is 0 Å². The molecule has 0 amide bonds. The van der Waals surface area contributed by atoms with Gasteiger partial charge in [-0.3, -0.25) is 4.98 Å². The smallest absolute Gasteiger partial charge is 0.214 e. The van der Waals surface area contributed by atoms with Crippen LogP contribution in [0, 0.1) is 0 Å². The Kier molecular flexibility index (Phi) is 2.83. The molecule has 0 fully saturated rings. The zero-order valence-corrected chi connectivity index (χ0v) is 8.90. The van der Waals surface area contributed by atoms with E-state index in [-0.39, 0.29) is 0 Å². The van der Waals surface area contributed by atoms with Gasteiger partial charge in [0, 0.05) is 18.5 Å². The van der Waals surface area contributed by atoms with Crippen molar-refractivity contribution in [3.05, 3.63) is 41.8 Å². The lowest BCUT2D eigenvalue weighted by atomic mass is 10.1. The molecule has 2 aromatic heterocycles. The van der Waals surface area contributed by atoms with E-state index in [1.54, 1.807) is 25.6 Å². The average Bonchev–Trinajstić information content (AvgIpc) is 2.29. The maximum absolute atomic E-state index is 5.87. The van der Waals surface area contributed by atoms with Crippen molar-refractivity contribution >= 4 is 11.6 Å². The van der Waals surface area contributed by atoms with Gasteiger partial charge in [0.05, 0.1) is 7.11 Å². The van der Waals surface area contributed by atoms with Gasteiger partial charge in [0.2, 0.25) is 5.88 Å². The van der Waals surface area contributed by atoms with Crippen LogP contribution in [0.4, 0.5) is 0 Å². The maximum Gasteiger partial charge on any atom is 0.214 e. The Morgan fingerprint density at radius 2 is 1.87 bits per heavy atom. The van der Waals surface area contributed by atoms with E-state index in [9.17, 15) is 0 Å². The first-order valence-corrected chi connectivity index (χ1v) is 4.79. The fourth-order valence-corrected chi connectivity index (χ4v) is 1.49. The second-order valence-corrected chi connectivity index (χ2v) is 3.34. The topological polar surface area (TPSA) is 35.0 Å². The Bertz CT molecular complexity index is 459. The van der Waals surface area contributed by atoms with Crippen LogP contribution in [0.5, 0.6) is 5.88 Å². The third-order valence-electron chi connectivity index (χ3n) is 1.99. The van der Waals surface area contributed by atoms with Crippen molar-refractivity contribution in [2.45, 2.75) is 0 Å². The summed E-state index contributed by atoms with van der Waals surface area (Å²) in [5.41, 5.74) is 2.00. The fourth-order valence-electron chi connectivity index (χ4n) is 1.29.